The van der Waals surface area contributed by atoms with Crippen molar-refractivity contribution in [3.8, 4) is 5.75 Å². The summed E-state index contributed by atoms with van der Waals surface area (Å²) < 4.78 is 10.4. The summed E-state index contributed by atoms with van der Waals surface area (Å²) in [4.78, 5) is 24.3. The van der Waals surface area contributed by atoms with Crippen molar-refractivity contribution in [1.29, 1.82) is 0 Å². The first-order valence-electron chi connectivity index (χ1n) is 8.77. The van der Waals surface area contributed by atoms with E-state index in [0.717, 1.165) is 16.5 Å². The minimum atomic E-state index is -0.431. The van der Waals surface area contributed by atoms with E-state index in [0.29, 0.717) is 16.9 Å². The topological polar surface area (TPSA) is 68.5 Å². The van der Waals surface area contributed by atoms with E-state index in [-0.39, 0.29) is 17.9 Å². The lowest BCUT2D eigenvalue weighted by molar-refractivity contribution is 0.0951. The van der Waals surface area contributed by atoms with Gasteiger partial charge in [0.2, 0.25) is 0 Å². The van der Waals surface area contributed by atoms with Gasteiger partial charge >= 0.3 is 5.63 Å². The number of methoxy groups -OCH3 is 1. The predicted molar refractivity (Wildman–Crippen MR) is 105 cm³/mol. The maximum Gasteiger partial charge on any atom is 0.336 e. The average molecular weight is 365 g/mol. The number of carbonyl (C=O) groups is 1. The zero-order chi connectivity index (χ0) is 19.6. The number of carbonyl (C=O) groups excluding carboxylic acids is 1. The number of nitrogens with one attached hydrogen (secondary N) is 1. The molecule has 5 heteroatoms. The third-order valence-corrected chi connectivity index (χ3v) is 4.49. The maximum absolute atomic E-state index is 12.4. The number of benzene rings is 2. The summed E-state index contributed by atoms with van der Waals surface area (Å²) in [5.74, 6) is 0.471. The van der Waals surface area contributed by atoms with E-state index in [9.17, 15) is 9.59 Å². The highest BCUT2D eigenvalue weighted by molar-refractivity contribution is 5.94. The van der Waals surface area contributed by atoms with E-state index >= 15 is 0 Å². The quantitative estimate of drug-likeness (QED) is 0.709. The van der Waals surface area contributed by atoms with Crippen molar-refractivity contribution in [2.24, 2.45) is 0 Å². The Morgan fingerprint density at radius 3 is 2.41 bits per heavy atom. The van der Waals surface area contributed by atoms with Crippen LogP contribution in [0.3, 0.4) is 0 Å². The first-order chi connectivity index (χ1) is 12.8. The molecule has 0 unspecified atom stereocenters. The van der Waals surface area contributed by atoms with Gasteiger partial charge in [-0.25, -0.2) is 4.79 Å². The fraction of sp³-hybridized carbons (Fsp3) is 0.273. The van der Waals surface area contributed by atoms with E-state index in [1.807, 2.05) is 18.2 Å². The molecule has 5 nitrogen and oxygen atoms in total. The van der Waals surface area contributed by atoms with Crippen molar-refractivity contribution in [3.63, 3.8) is 0 Å². The smallest absolute Gasteiger partial charge is 0.336 e. The van der Waals surface area contributed by atoms with Gasteiger partial charge in [0.15, 0.2) is 0 Å². The van der Waals surface area contributed by atoms with Crippen LogP contribution in [0.2, 0.25) is 0 Å². The molecule has 1 N–H and O–H groups in total. The molecule has 3 rings (SSSR count). The summed E-state index contributed by atoms with van der Waals surface area (Å²) in [6.07, 6.45) is 0. The Hall–Kier alpha value is -3.08. The van der Waals surface area contributed by atoms with Gasteiger partial charge in [0.1, 0.15) is 11.3 Å². The minimum Gasteiger partial charge on any atom is -0.497 e. The van der Waals surface area contributed by atoms with Gasteiger partial charge in [-0.05, 0) is 52.9 Å². The Morgan fingerprint density at radius 1 is 1.07 bits per heavy atom. The Balaban J connectivity index is 1.88. The monoisotopic (exact) mass is 365 g/mol. The molecule has 140 valence electrons. The zero-order valence-corrected chi connectivity index (χ0v) is 16.0. The van der Waals surface area contributed by atoms with Gasteiger partial charge in [0.25, 0.3) is 5.91 Å². The molecular weight excluding hydrogens is 342 g/mol. The van der Waals surface area contributed by atoms with E-state index in [2.05, 4.69) is 26.1 Å². The number of fused-ring (bicyclic) bond motifs is 1. The van der Waals surface area contributed by atoms with Crippen LogP contribution in [0.25, 0.3) is 11.0 Å². The third kappa shape index (κ3) is 4.19. The van der Waals surface area contributed by atoms with E-state index in [1.165, 1.54) is 6.07 Å². The van der Waals surface area contributed by atoms with Crippen molar-refractivity contribution in [3.05, 3.63) is 75.6 Å². The molecule has 0 aliphatic heterocycles. The predicted octanol–water partition coefficient (Wildman–Crippen LogP) is 4.03. The fourth-order valence-corrected chi connectivity index (χ4v) is 2.86. The molecule has 0 bridgehead atoms. The SMILES string of the molecule is COc1ccc(C(=O)NCc2cc(=O)oc3ccc(C(C)(C)C)cc23)cc1. The number of hydrogen-bond acceptors (Lipinski definition) is 4. The molecule has 1 amide bonds. The molecule has 0 spiro atoms. The highest BCUT2D eigenvalue weighted by Crippen LogP contribution is 2.27. The highest BCUT2D eigenvalue weighted by atomic mass is 16.5. The second-order valence-electron chi connectivity index (χ2n) is 7.46. The van der Waals surface area contributed by atoms with Crippen LogP contribution in [0.5, 0.6) is 5.75 Å². The Labute approximate surface area is 158 Å². The number of amides is 1. The second kappa shape index (κ2) is 7.27. The van der Waals surface area contributed by atoms with Gasteiger partial charge in [0.05, 0.1) is 7.11 Å². The van der Waals surface area contributed by atoms with Crippen molar-refractivity contribution in [2.75, 3.05) is 7.11 Å². The third-order valence-electron chi connectivity index (χ3n) is 4.49. The number of rotatable bonds is 4. The Bertz CT molecular complexity index is 1030. The molecule has 2 aromatic carbocycles. The molecule has 1 heterocycles. The Kier molecular flexibility index (Phi) is 5.04. The van der Waals surface area contributed by atoms with Crippen LogP contribution in [-0.2, 0) is 12.0 Å². The summed E-state index contributed by atoms with van der Waals surface area (Å²) in [7, 11) is 1.58. The highest BCUT2D eigenvalue weighted by Gasteiger charge is 2.16. The van der Waals surface area contributed by atoms with Crippen LogP contribution in [-0.4, -0.2) is 13.0 Å². The van der Waals surface area contributed by atoms with Gasteiger partial charge in [-0.3, -0.25) is 4.79 Å². The molecular formula is C22H23NO4. The summed E-state index contributed by atoms with van der Waals surface area (Å²) in [5.41, 5.74) is 2.44. The van der Waals surface area contributed by atoms with Crippen LogP contribution in [0.4, 0.5) is 0 Å². The lowest BCUT2D eigenvalue weighted by Crippen LogP contribution is -2.23. The van der Waals surface area contributed by atoms with Crippen molar-refractivity contribution < 1.29 is 13.9 Å². The molecule has 0 aliphatic carbocycles. The Morgan fingerprint density at radius 2 is 1.78 bits per heavy atom. The van der Waals surface area contributed by atoms with Crippen LogP contribution < -0.4 is 15.7 Å². The second-order valence-corrected chi connectivity index (χ2v) is 7.46. The summed E-state index contributed by atoms with van der Waals surface area (Å²) >= 11 is 0. The van der Waals surface area contributed by atoms with E-state index < -0.39 is 5.63 Å². The van der Waals surface area contributed by atoms with Gasteiger partial charge in [-0.1, -0.05) is 26.8 Å². The first-order valence-corrected chi connectivity index (χ1v) is 8.77. The number of ether oxygens (including phenoxy) is 1. The minimum absolute atomic E-state index is 0.0338. The average Bonchev–Trinajstić information content (AvgIpc) is 2.64. The molecule has 27 heavy (non-hydrogen) atoms. The summed E-state index contributed by atoms with van der Waals surface area (Å²) in [6, 6.07) is 14.1. The van der Waals surface area contributed by atoms with E-state index in [4.69, 9.17) is 9.15 Å². The lowest BCUT2D eigenvalue weighted by Gasteiger charge is -2.19. The zero-order valence-electron chi connectivity index (χ0n) is 16.0. The number of hydrogen-bond donors (Lipinski definition) is 1. The summed E-state index contributed by atoms with van der Waals surface area (Å²) in [5, 5.41) is 3.70. The van der Waals surface area contributed by atoms with Crippen molar-refractivity contribution in [1.82, 2.24) is 5.32 Å². The standard InChI is InChI=1S/C22H23NO4/c1-22(2,3)16-7-10-19-18(12-16)15(11-20(24)27-19)13-23-21(25)14-5-8-17(26-4)9-6-14/h5-12H,13H2,1-4H3,(H,23,25). The van der Waals surface area contributed by atoms with Gasteiger partial charge in [-0.15, -0.1) is 0 Å². The van der Waals surface area contributed by atoms with Gasteiger partial charge in [0, 0.05) is 23.6 Å². The molecule has 0 atom stereocenters. The van der Waals surface area contributed by atoms with Crippen LogP contribution in [0.1, 0.15) is 42.3 Å². The van der Waals surface area contributed by atoms with Crippen LogP contribution in [0, 0.1) is 0 Å². The van der Waals surface area contributed by atoms with Crippen molar-refractivity contribution >= 4 is 16.9 Å². The van der Waals surface area contributed by atoms with Crippen LogP contribution in [0.15, 0.2) is 57.7 Å². The van der Waals surface area contributed by atoms with Crippen molar-refractivity contribution in [2.45, 2.75) is 32.7 Å². The normalized spacial score (nSPS) is 11.4. The molecule has 0 aliphatic rings. The lowest BCUT2D eigenvalue weighted by atomic mass is 9.86. The molecule has 0 radical (unpaired) electrons. The molecule has 1 aromatic heterocycles. The largest absolute Gasteiger partial charge is 0.497 e. The maximum atomic E-state index is 12.4. The van der Waals surface area contributed by atoms with Gasteiger partial charge < -0.3 is 14.5 Å². The molecule has 3 aromatic rings. The molecule has 0 saturated carbocycles. The summed E-state index contributed by atoms with van der Waals surface area (Å²) in [6.45, 7) is 6.61. The molecule has 0 saturated heterocycles. The van der Waals surface area contributed by atoms with Crippen LogP contribution >= 0.6 is 0 Å². The van der Waals surface area contributed by atoms with E-state index in [1.54, 1.807) is 31.4 Å². The first kappa shape index (κ1) is 18.7. The molecule has 0 fully saturated rings. The fourth-order valence-electron chi connectivity index (χ4n) is 2.86. The van der Waals surface area contributed by atoms with Gasteiger partial charge in [-0.2, -0.15) is 0 Å².